The van der Waals surface area contributed by atoms with Crippen LogP contribution in [0.3, 0.4) is 0 Å². The molecular weight excluding hydrogens is 186 g/mol. The van der Waals surface area contributed by atoms with Crippen LogP contribution in [0.5, 0.6) is 0 Å². The molecule has 1 aromatic rings. The number of aromatic nitrogens is 2. The second-order valence-electron chi connectivity index (χ2n) is 4.11. The molecule has 3 heteroatoms. The summed E-state index contributed by atoms with van der Waals surface area (Å²) in [6.45, 7) is 7.51. The predicted molar refractivity (Wildman–Crippen MR) is 64.3 cm³/mol. The highest BCUT2D eigenvalue weighted by atomic mass is 15.0. The van der Waals surface area contributed by atoms with Crippen LogP contribution in [0.15, 0.2) is 0 Å². The van der Waals surface area contributed by atoms with Crippen molar-refractivity contribution >= 4 is 0 Å². The number of hydrogen-bond donors (Lipinski definition) is 2. The first-order valence-corrected chi connectivity index (χ1v) is 5.92. The van der Waals surface area contributed by atoms with Gasteiger partial charge in [0.15, 0.2) is 0 Å². The fraction of sp³-hybridized carbons (Fsp3) is 0.750. The first-order valence-electron chi connectivity index (χ1n) is 5.92. The summed E-state index contributed by atoms with van der Waals surface area (Å²) in [7, 11) is 1.99. The van der Waals surface area contributed by atoms with Crippen LogP contribution in [0.25, 0.3) is 0 Å². The summed E-state index contributed by atoms with van der Waals surface area (Å²) in [5.41, 5.74) is 2.48. The Balaban J connectivity index is 2.79. The van der Waals surface area contributed by atoms with Gasteiger partial charge in [0.25, 0.3) is 0 Å². The second-order valence-corrected chi connectivity index (χ2v) is 4.11. The lowest BCUT2D eigenvalue weighted by Gasteiger charge is -2.10. The minimum Gasteiger partial charge on any atom is -0.346 e. The van der Waals surface area contributed by atoms with E-state index in [2.05, 4.69) is 31.1 Å². The van der Waals surface area contributed by atoms with Gasteiger partial charge in [0.1, 0.15) is 5.82 Å². The van der Waals surface area contributed by atoms with Crippen LogP contribution in [-0.4, -0.2) is 23.6 Å². The van der Waals surface area contributed by atoms with Crippen LogP contribution in [0.1, 0.15) is 49.8 Å². The number of nitrogens with zero attached hydrogens (tertiary/aromatic N) is 1. The van der Waals surface area contributed by atoms with Gasteiger partial charge in [0.2, 0.25) is 0 Å². The lowest BCUT2D eigenvalue weighted by atomic mass is 10.1. The Labute approximate surface area is 92.7 Å². The number of hydrogen-bond acceptors (Lipinski definition) is 2. The molecule has 1 rings (SSSR count). The number of nitrogens with one attached hydrogen (secondary N) is 2. The summed E-state index contributed by atoms with van der Waals surface area (Å²) in [5.74, 6) is 1.66. The average Bonchev–Trinajstić information content (AvgIpc) is 2.57. The van der Waals surface area contributed by atoms with Crippen molar-refractivity contribution in [1.29, 1.82) is 0 Å². The van der Waals surface area contributed by atoms with Crippen molar-refractivity contribution in [3.63, 3.8) is 0 Å². The Hall–Kier alpha value is -0.830. The van der Waals surface area contributed by atoms with Crippen LogP contribution in [0, 0.1) is 6.92 Å². The molecule has 0 amide bonds. The summed E-state index contributed by atoms with van der Waals surface area (Å²) in [6, 6.07) is 0. The highest BCUT2D eigenvalue weighted by Gasteiger charge is 2.14. The van der Waals surface area contributed by atoms with Crippen molar-refractivity contribution in [2.45, 2.75) is 46.0 Å². The standard InChI is InChI=1S/C12H23N3/c1-5-7-11-9(3)14-12(15-11)10(6-2)8-13-4/h10,13H,5-8H2,1-4H3,(H,14,15). The lowest BCUT2D eigenvalue weighted by Crippen LogP contribution is -2.17. The minimum atomic E-state index is 0.513. The van der Waals surface area contributed by atoms with Crippen LogP contribution < -0.4 is 5.32 Å². The first-order chi connectivity index (χ1) is 7.22. The summed E-state index contributed by atoms with van der Waals surface area (Å²) in [4.78, 5) is 8.11. The maximum atomic E-state index is 4.69. The third-order valence-corrected chi connectivity index (χ3v) is 2.82. The van der Waals surface area contributed by atoms with Crippen LogP contribution in [-0.2, 0) is 6.42 Å². The van der Waals surface area contributed by atoms with E-state index in [4.69, 9.17) is 4.98 Å². The number of H-pyrrole nitrogens is 1. The van der Waals surface area contributed by atoms with Gasteiger partial charge in [-0.15, -0.1) is 0 Å². The molecule has 1 aromatic heterocycles. The maximum absolute atomic E-state index is 4.69. The highest BCUT2D eigenvalue weighted by Crippen LogP contribution is 2.18. The quantitative estimate of drug-likeness (QED) is 0.755. The van der Waals surface area contributed by atoms with Gasteiger partial charge in [-0.25, -0.2) is 4.98 Å². The minimum absolute atomic E-state index is 0.513. The third-order valence-electron chi connectivity index (χ3n) is 2.82. The average molecular weight is 209 g/mol. The Morgan fingerprint density at radius 2 is 2.13 bits per heavy atom. The molecule has 0 radical (unpaired) electrons. The molecule has 2 N–H and O–H groups in total. The third kappa shape index (κ3) is 3.06. The molecule has 3 nitrogen and oxygen atoms in total. The fourth-order valence-electron chi connectivity index (χ4n) is 1.88. The van der Waals surface area contributed by atoms with Crippen LogP contribution >= 0.6 is 0 Å². The highest BCUT2D eigenvalue weighted by molar-refractivity contribution is 5.15. The van der Waals surface area contributed by atoms with E-state index in [0.29, 0.717) is 5.92 Å². The topological polar surface area (TPSA) is 40.7 Å². The van der Waals surface area contributed by atoms with E-state index in [0.717, 1.165) is 31.6 Å². The van der Waals surface area contributed by atoms with Crippen molar-refractivity contribution < 1.29 is 0 Å². The molecule has 1 heterocycles. The molecule has 0 aliphatic rings. The van der Waals surface area contributed by atoms with Gasteiger partial charge in [0.05, 0.1) is 5.69 Å². The Morgan fingerprint density at radius 1 is 1.40 bits per heavy atom. The van der Waals surface area contributed by atoms with Crippen LogP contribution in [0.2, 0.25) is 0 Å². The number of imidazole rings is 1. The van der Waals surface area contributed by atoms with Gasteiger partial charge in [-0.1, -0.05) is 20.3 Å². The largest absolute Gasteiger partial charge is 0.346 e. The van der Waals surface area contributed by atoms with Crippen LogP contribution in [0.4, 0.5) is 0 Å². The smallest absolute Gasteiger partial charge is 0.110 e. The molecule has 15 heavy (non-hydrogen) atoms. The van der Waals surface area contributed by atoms with E-state index in [9.17, 15) is 0 Å². The molecule has 1 unspecified atom stereocenters. The van der Waals surface area contributed by atoms with E-state index < -0.39 is 0 Å². The van der Waals surface area contributed by atoms with Gasteiger partial charge in [0, 0.05) is 18.2 Å². The molecule has 0 spiro atoms. The zero-order valence-corrected chi connectivity index (χ0v) is 10.4. The molecule has 0 aliphatic heterocycles. The monoisotopic (exact) mass is 209 g/mol. The zero-order valence-electron chi connectivity index (χ0n) is 10.4. The Bertz CT molecular complexity index is 291. The van der Waals surface area contributed by atoms with Gasteiger partial charge >= 0.3 is 0 Å². The second kappa shape index (κ2) is 5.91. The number of likely N-dealkylation sites (N-methyl/N-ethyl adjacent to an activating group) is 1. The van der Waals surface area contributed by atoms with E-state index >= 15 is 0 Å². The molecule has 0 aliphatic carbocycles. The Morgan fingerprint density at radius 3 is 2.67 bits per heavy atom. The fourth-order valence-corrected chi connectivity index (χ4v) is 1.88. The molecule has 0 bridgehead atoms. The molecule has 0 aromatic carbocycles. The van der Waals surface area contributed by atoms with Gasteiger partial charge in [-0.3, -0.25) is 0 Å². The van der Waals surface area contributed by atoms with E-state index in [1.165, 1.54) is 11.4 Å². The van der Waals surface area contributed by atoms with Crippen molar-refractivity contribution in [2.24, 2.45) is 0 Å². The molecule has 0 saturated heterocycles. The zero-order chi connectivity index (χ0) is 11.3. The first kappa shape index (κ1) is 12.2. The van der Waals surface area contributed by atoms with Crippen molar-refractivity contribution in [3.05, 3.63) is 17.2 Å². The lowest BCUT2D eigenvalue weighted by molar-refractivity contribution is 0.584. The SMILES string of the molecule is CCCc1nc(C(CC)CNC)[nH]c1C. The maximum Gasteiger partial charge on any atom is 0.110 e. The van der Waals surface area contributed by atoms with E-state index in [1.54, 1.807) is 0 Å². The summed E-state index contributed by atoms with van der Waals surface area (Å²) < 4.78 is 0. The molecule has 86 valence electrons. The summed E-state index contributed by atoms with van der Waals surface area (Å²) in [5, 5.41) is 3.22. The molecule has 0 saturated carbocycles. The van der Waals surface area contributed by atoms with Gasteiger partial charge < -0.3 is 10.3 Å². The predicted octanol–water partition coefficient (Wildman–Crippen LogP) is 2.38. The number of aryl methyl sites for hydroxylation is 2. The van der Waals surface area contributed by atoms with Crippen molar-refractivity contribution in [1.82, 2.24) is 15.3 Å². The van der Waals surface area contributed by atoms with Gasteiger partial charge in [-0.2, -0.15) is 0 Å². The van der Waals surface area contributed by atoms with E-state index in [-0.39, 0.29) is 0 Å². The van der Waals surface area contributed by atoms with Crippen molar-refractivity contribution in [2.75, 3.05) is 13.6 Å². The molecule has 1 atom stereocenters. The van der Waals surface area contributed by atoms with Crippen molar-refractivity contribution in [3.8, 4) is 0 Å². The normalized spacial score (nSPS) is 13.1. The molecular formula is C12H23N3. The van der Waals surface area contributed by atoms with Gasteiger partial charge in [-0.05, 0) is 26.8 Å². The Kier molecular flexibility index (Phi) is 4.82. The molecule has 0 fully saturated rings. The summed E-state index contributed by atoms with van der Waals surface area (Å²) >= 11 is 0. The number of aromatic amines is 1. The number of rotatable bonds is 6. The summed E-state index contributed by atoms with van der Waals surface area (Å²) in [6.07, 6.45) is 3.37. The van der Waals surface area contributed by atoms with E-state index in [1.807, 2.05) is 7.05 Å².